The van der Waals surface area contributed by atoms with Crippen LogP contribution in [-0.4, -0.2) is 33.7 Å². The molecule has 1 saturated heterocycles. The van der Waals surface area contributed by atoms with E-state index in [1.165, 1.54) is 17.3 Å². The highest BCUT2D eigenvalue weighted by Crippen LogP contribution is 2.32. The Morgan fingerprint density at radius 1 is 1.23 bits per heavy atom. The van der Waals surface area contributed by atoms with E-state index < -0.39 is 5.25 Å². The van der Waals surface area contributed by atoms with E-state index in [1.807, 2.05) is 24.3 Å². The molecule has 8 heteroatoms. The van der Waals surface area contributed by atoms with Crippen LogP contribution < -0.4 is 5.32 Å². The maximum atomic E-state index is 12.8. The summed E-state index contributed by atoms with van der Waals surface area (Å²) in [5.74, 6) is -0.445. The van der Waals surface area contributed by atoms with Crippen molar-refractivity contribution in [2.24, 2.45) is 4.99 Å². The first-order valence-corrected chi connectivity index (χ1v) is 11.1. The summed E-state index contributed by atoms with van der Waals surface area (Å²) in [6.07, 6.45) is 2.61. The minimum absolute atomic E-state index is 0.0190. The minimum atomic E-state index is -0.554. The molecule has 1 aliphatic rings. The largest absolute Gasteiger partial charge is 0.326 e. The number of hydrogen-bond acceptors (Lipinski definition) is 4. The lowest BCUT2D eigenvalue weighted by Crippen LogP contribution is -2.33. The van der Waals surface area contributed by atoms with Gasteiger partial charge in [-0.25, -0.2) is 4.99 Å². The topological polar surface area (TPSA) is 61.8 Å². The molecular weight excluding hydrogens is 441 g/mol. The van der Waals surface area contributed by atoms with Gasteiger partial charge in [-0.1, -0.05) is 60.1 Å². The number of thioether (sulfide) groups is 1. The van der Waals surface area contributed by atoms with Crippen molar-refractivity contribution in [2.75, 3.05) is 11.9 Å². The van der Waals surface area contributed by atoms with E-state index >= 15 is 0 Å². The summed E-state index contributed by atoms with van der Waals surface area (Å²) in [5, 5.41) is 3.52. The Labute approximate surface area is 190 Å². The fraction of sp³-hybridized carbons (Fsp3) is 0.227. The molecule has 1 fully saturated rings. The van der Waals surface area contributed by atoms with E-state index in [9.17, 15) is 9.59 Å². The maximum Gasteiger partial charge on any atom is 0.242 e. The monoisotopic (exact) mass is 461 g/mol. The molecule has 0 aromatic heterocycles. The molecule has 3 rings (SSSR count). The van der Waals surface area contributed by atoms with Gasteiger partial charge in [0.1, 0.15) is 5.25 Å². The lowest BCUT2D eigenvalue weighted by Gasteiger charge is -2.14. The van der Waals surface area contributed by atoms with E-state index in [2.05, 4.69) is 23.8 Å². The van der Waals surface area contributed by atoms with Gasteiger partial charge in [0.05, 0.1) is 15.7 Å². The number of benzene rings is 2. The van der Waals surface area contributed by atoms with Crippen molar-refractivity contribution in [2.45, 2.75) is 25.0 Å². The molecule has 1 atom stereocenters. The Kier molecular flexibility index (Phi) is 7.58. The quantitative estimate of drug-likeness (QED) is 0.537. The number of carbonyl (C=O) groups excluding carboxylic acids is 2. The summed E-state index contributed by atoms with van der Waals surface area (Å²) in [5.41, 5.74) is 2.50. The number of nitrogens with zero attached hydrogens (tertiary/aromatic N) is 2. The summed E-state index contributed by atoms with van der Waals surface area (Å²) < 4.78 is 0. The van der Waals surface area contributed by atoms with Crippen LogP contribution in [0.5, 0.6) is 0 Å². The second-order valence-corrected chi connectivity index (χ2v) is 8.62. The maximum absolute atomic E-state index is 12.8. The third-order valence-electron chi connectivity index (χ3n) is 4.48. The van der Waals surface area contributed by atoms with E-state index in [0.717, 1.165) is 12.1 Å². The van der Waals surface area contributed by atoms with Gasteiger partial charge in [-0.3, -0.25) is 14.5 Å². The Morgan fingerprint density at radius 3 is 2.60 bits per heavy atom. The molecule has 1 N–H and O–H groups in total. The van der Waals surface area contributed by atoms with Gasteiger partial charge in [0.15, 0.2) is 5.17 Å². The summed E-state index contributed by atoms with van der Waals surface area (Å²) in [4.78, 5) is 31.5. The van der Waals surface area contributed by atoms with Crippen molar-refractivity contribution in [3.8, 4) is 0 Å². The summed E-state index contributed by atoms with van der Waals surface area (Å²) in [7, 11) is 0. The predicted octanol–water partition coefficient (Wildman–Crippen LogP) is 5.70. The van der Waals surface area contributed by atoms with Gasteiger partial charge in [-0.2, -0.15) is 0 Å². The van der Waals surface area contributed by atoms with Crippen molar-refractivity contribution in [1.29, 1.82) is 0 Å². The lowest BCUT2D eigenvalue weighted by atomic mass is 10.2. The minimum Gasteiger partial charge on any atom is -0.326 e. The fourth-order valence-electron chi connectivity index (χ4n) is 2.89. The van der Waals surface area contributed by atoms with Gasteiger partial charge >= 0.3 is 0 Å². The van der Waals surface area contributed by atoms with Gasteiger partial charge in [-0.05, 0) is 42.3 Å². The third-order valence-corrected chi connectivity index (χ3v) is 6.39. The number of carbonyl (C=O) groups is 2. The van der Waals surface area contributed by atoms with Gasteiger partial charge in [-0.15, -0.1) is 6.58 Å². The Bertz CT molecular complexity index is 992. The first-order chi connectivity index (χ1) is 14.4. The molecular formula is C22H21Cl2N3O2S. The molecule has 1 aliphatic heterocycles. The van der Waals surface area contributed by atoms with Gasteiger partial charge in [0.25, 0.3) is 0 Å². The molecule has 0 spiro atoms. The number of aryl methyl sites for hydroxylation is 1. The number of rotatable bonds is 7. The van der Waals surface area contributed by atoms with E-state index in [1.54, 1.807) is 29.2 Å². The third kappa shape index (κ3) is 5.45. The van der Waals surface area contributed by atoms with E-state index in [-0.39, 0.29) is 18.2 Å². The number of aliphatic imine (C=N–C) groups is 1. The summed E-state index contributed by atoms with van der Waals surface area (Å²) in [6, 6.07) is 12.7. The number of amides is 2. The van der Waals surface area contributed by atoms with Crippen molar-refractivity contribution >= 4 is 63.3 Å². The second-order valence-electron chi connectivity index (χ2n) is 6.64. The molecule has 0 saturated carbocycles. The molecule has 2 amide bonds. The van der Waals surface area contributed by atoms with Crippen LogP contribution in [0.2, 0.25) is 10.0 Å². The Balaban J connectivity index is 1.72. The molecule has 2 aromatic carbocycles. The molecule has 2 aromatic rings. The zero-order valence-corrected chi connectivity index (χ0v) is 18.7. The average Bonchev–Trinajstić information content (AvgIpc) is 3.00. The van der Waals surface area contributed by atoms with Gasteiger partial charge < -0.3 is 5.32 Å². The number of halogens is 2. The van der Waals surface area contributed by atoms with E-state index in [4.69, 9.17) is 23.2 Å². The highest BCUT2D eigenvalue weighted by Gasteiger charge is 2.38. The van der Waals surface area contributed by atoms with Crippen LogP contribution in [-0.2, 0) is 16.0 Å². The van der Waals surface area contributed by atoms with Crippen LogP contribution >= 0.6 is 35.0 Å². The SMILES string of the molecule is C=CCN1C(=O)C(CC(=O)Nc2ccc(Cl)c(Cl)c2)SC1=Nc1ccc(CC)cc1. The second kappa shape index (κ2) is 10.2. The first kappa shape index (κ1) is 22.4. The highest BCUT2D eigenvalue weighted by atomic mass is 35.5. The summed E-state index contributed by atoms with van der Waals surface area (Å²) in [6.45, 7) is 6.14. The van der Waals surface area contributed by atoms with Crippen LogP contribution in [0.1, 0.15) is 18.9 Å². The standard InChI is InChI=1S/C22H21Cl2N3O2S/c1-3-11-27-21(29)19(13-20(28)25-16-9-10-17(23)18(24)12-16)30-22(27)26-15-7-5-14(4-2)6-8-15/h3,5-10,12,19H,1,4,11,13H2,2H3,(H,25,28). The van der Waals surface area contributed by atoms with Gasteiger partial charge in [0, 0.05) is 18.7 Å². The van der Waals surface area contributed by atoms with Crippen LogP contribution in [0, 0.1) is 0 Å². The highest BCUT2D eigenvalue weighted by molar-refractivity contribution is 8.15. The van der Waals surface area contributed by atoms with E-state index in [0.29, 0.717) is 27.4 Å². The lowest BCUT2D eigenvalue weighted by molar-refractivity contribution is -0.127. The smallest absolute Gasteiger partial charge is 0.242 e. The molecule has 156 valence electrons. The fourth-order valence-corrected chi connectivity index (χ4v) is 4.36. The predicted molar refractivity (Wildman–Crippen MR) is 126 cm³/mol. The van der Waals surface area contributed by atoms with Crippen LogP contribution in [0.4, 0.5) is 11.4 Å². The Hall–Kier alpha value is -2.28. The number of nitrogens with one attached hydrogen (secondary N) is 1. The molecule has 5 nitrogen and oxygen atoms in total. The van der Waals surface area contributed by atoms with Crippen molar-refractivity contribution in [3.63, 3.8) is 0 Å². The van der Waals surface area contributed by atoms with Crippen molar-refractivity contribution < 1.29 is 9.59 Å². The van der Waals surface area contributed by atoms with Crippen molar-refractivity contribution in [1.82, 2.24) is 4.90 Å². The normalized spacial score (nSPS) is 17.4. The molecule has 0 radical (unpaired) electrons. The van der Waals surface area contributed by atoms with Crippen LogP contribution in [0.3, 0.4) is 0 Å². The number of hydrogen-bond donors (Lipinski definition) is 1. The Morgan fingerprint density at radius 2 is 1.97 bits per heavy atom. The van der Waals surface area contributed by atoms with Gasteiger partial charge in [0.2, 0.25) is 11.8 Å². The number of amidine groups is 1. The first-order valence-electron chi connectivity index (χ1n) is 9.42. The van der Waals surface area contributed by atoms with Crippen LogP contribution in [0.25, 0.3) is 0 Å². The summed E-state index contributed by atoms with van der Waals surface area (Å²) >= 11 is 13.2. The average molecular weight is 462 g/mol. The zero-order chi connectivity index (χ0) is 21.7. The zero-order valence-electron chi connectivity index (χ0n) is 16.4. The molecule has 30 heavy (non-hydrogen) atoms. The molecule has 1 heterocycles. The molecule has 0 aliphatic carbocycles. The van der Waals surface area contributed by atoms with Crippen molar-refractivity contribution in [3.05, 3.63) is 70.7 Å². The molecule has 0 bridgehead atoms. The molecule has 1 unspecified atom stereocenters. The van der Waals surface area contributed by atoms with Crippen LogP contribution in [0.15, 0.2) is 60.1 Å². The number of anilines is 1.